The monoisotopic (exact) mass is 327 g/mol. The summed E-state index contributed by atoms with van der Waals surface area (Å²) in [6.07, 6.45) is 1.52. The van der Waals surface area contributed by atoms with Crippen molar-refractivity contribution < 1.29 is 9.53 Å². The molecule has 0 atom stereocenters. The van der Waals surface area contributed by atoms with Gasteiger partial charge in [-0.05, 0) is 43.3 Å². The van der Waals surface area contributed by atoms with Gasteiger partial charge in [0.15, 0.2) is 0 Å². The summed E-state index contributed by atoms with van der Waals surface area (Å²) in [6, 6.07) is 14.3. The third kappa shape index (κ3) is 2.85. The summed E-state index contributed by atoms with van der Waals surface area (Å²) >= 11 is 5.93. The summed E-state index contributed by atoms with van der Waals surface area (Å²) in [6.45, 7) is 1.92. The van der Waals surface area contributed by atoms with Gasteiger partial charge in [0.25, 0.3) is 0 Å². The third-order valence-corrected chi connectivity index (χ3v) is 3.76. The second-order valence-corrected chi connectivity index (χ2v) is 5.39. The maximum absolute atomic E-state index is 12.5. The number of carbonyl (C=O) groups is 1. The lowest BCUT2D eigenvalue weighted by Gasteiger charge is -2.13. The van der Waals surface area contributed by atoms with Gasteiger partial charge >= 0.3 is 5.97 Å². The normalized spacial score (nSPS) is 10.7. The summed E-state index contributed by atoms with van der Waals surface area (Å²) in [5.74, 6) is -0.619. The third-order valence-electron chi connectivity index (χ3n) is 3.51. The fourth-order valence-corrected chi connectivity index (χ4v) is 2.57. The first-order valence-corrected chi connectivity index (χ1v) is 7.57. The molecule has 116 valence electrons. The lowest BCUT2D eigenvalue weighted by Crippen LogP contribution is -2.20. The number of rotatable bonds is 3. The molecule has 1 aromatic heterocycles. The molecule has 0 unspecified atom stereocenters. The number of para-hydroxylation sites is 1. The maximum atomic E-state index is 12.5. The van der Waals surface area contributed by atoms with Crippen LogP contribution in [-0.2, 0) is 4.74 Å². The van der Waals surface area contributed by atoms with E-state index in [1.54, 1.807) is 35.8 Å². The van der Waals surface area contributed by atoms with Gasteiger partial charge in [-0.25, -0.2) is 4.79 Å². The topological polar surface area (TPSA) is 48.3 Å². The molecule has 0 saturated carbocycles. The molecule has 0 aliphatic rings. The SMILES string of the molecule is CCOC(=O)c1cn(-c2ccc(Cl)cc2)c2ccccc2c1=O. The molecule has 1 heterocycles. The fourth-order valence-electron chi connectivity index (χ4n) is 2.45. The zero-order valence-electron chi connectivity index (χ0n) is 12.5. The Morgan fingerprint density at radius 2 is 1.83 bits per heavy atom. The van der Waals surface area contributed by atoms with Crippen molar-refractivity contribution in [2.45, 2.75) is 6.92 Å². The zero-order valence-corrected chi connectivity index (χ0v) is 13.2. The van der Waals surface area contributed by atoms with Crippen molar-refractivity contribution in [2.75, 3.05) is 6.61 Å². The number of halogens is 1. The maximum Gasteiger partial charge on any atom is 0.343 e. The van der Waals surface area contributed by atoms with E-state index in [1.165, 1.54) is 6.20 Å². The molecule has 5 heteroatoms. The number of carbonyl (C=O) groups excluding carboxylic acids is 1. The minimum atomic E-state index is -0.619. The van der Waals surface area contributed by atoms with Gasteiger partial charge < -0.3 is 9.30 Å². The summed E-state index contributed by atoms with van der Waals surface area (Å²) in [4.78, 5) is 24.6. The average molecular weight is 328 g/mol. The highest BCUT2D eigenvalue weighted by Gasteiger charge is 2.16. The molecular formula is C18H14ClNO3. The minimum Gasteiger partial charge on any atom is -0.462 e. The van der Waals surface area contributed by atoms with Crippen LogP contribution in [0.2, 0.25) is 5.02 Å². The van der Waals surface area contributed by atoms with Crippen molar-refractivity contribution in [1.29, 1.82) is 0 Å². The quantitative estimate of drug-likeness (QED) is 0.687. The highest BCUT2D eigenvalue weighted by atomic mass is 35.5. The number of esters is 1. The first-order valence-electron chi connectivity index (χ1n) is 7.19. The van der Waals surface area contributed by atoms with Crippen molar-refractivity contribution in [3.05, 3.63) is 75.5 Å². The van der Waals surface area contributed by atoms with Crippen molar-refractivity contribution >= 4 is 28.5 Å². The van der Waals surface area contributed by atoms with E-state index >= 15 is 0 Å². The predicted octanol–water partition coefficient (Wildman–Crippen LogP) is 3.82. The van der Waals surface area contributed by atoms with Gasteiger partial charge in [0.05, 0.1) is 12.1 Å². The first kappa shape index (κ1) is 15.3. The molecule has 0 aliphatic carbocycles. The first-order chi connectivity index (χ1) is 11.1. The predicted molar refractivity (Wildman–Crippen MR) is 90.5 cm³/mol. The summed E-state index contributed by atoms with van der Waals surface area (Å²) in [7, 11) is 0. The molecule has 0 N–H and O–H groups in total. The van der Waals surface area contributed by atoms with E-state index in [9.17, 15) is 9.59 Å². The molecule has 0 amide bonds. The average Bonchev–Trinajstić information content (AvgIpc) is 2.57. The van der Waals surface area contributed by atoms with Crippen molar-refractivity contribution in [3.8, 4) is 5.69 Å². The Bertz CT molecular complexity index is 929. The highest BCUT2D eigenvalue weighted by Crippen LogP contribution is 2.19. The number of ether oxygens (including phenoxy) is 1. The lowest BCUT2D eigenvalue weighted by molar-refractivity contribution is 0.0524. The van der Waals surface area contributed by atoms with Crippen LogP contribution in [-0.4, -0.2) is 17.1 Å². The summed E-state index contributed by atoms with van der Waals surface area (Å²) in [5.41, 5.74) is 1.20. The number of pyridine rings is 1. The van der Waals surface area contributed by atoms with E-state index in [0.717, 1.165) is 5.69 Å². The van der Waals surface area contributed by atoms with Gasteiger partial charge in [-0.3, -0.25) is 4.79 Å². The second-order valence-electron chi connectivity index (χ2n) is 4.96. The molecule has 3 rings (SSSR count). The molecule has 0 bridgehead atoms. The van der Waals surface area contributed by atoms with Gasteiger partial charge in [-0.15, -0.1) is 0 Å². The number of benzene rings is 2. The largest absolute Gasteiger partial charge is 0.462 e. The van der Waals surface area contributed by atoms with Crippen molar-refractivity contribution in [1.82, 2.24) is 4.57 Å². The highest BCUT2D eigenvalue weighted by molar-refractivity contribution is 6.30. The van der Waals surface area contributed by atoms with Gasteiger partial charge in [-0.1, -0.05) is 23.7 Å². The van der Waals surface area contributed by atoms with Crippen LogP contribution in [0.25, 0.3) is 16.6 Å². The zero-order chi connectivity index (χ0) is 16.4. The standard InChI is InChI=1S/C18H14ClNO3/c1-2-23-18(22)15-11-20(13-9-7-12(19)8-10-13)16-6-4-3-5-14(16)17(15)21/h3-11H,2H2,1H3. The molecule has 23 heavy (non-hydrogen) atoms. The van der Waals surface area contributed by atoms with Crippen LogP contribution >= 0.6 is 11.6 Å². The smallest absolute Gasteiger partial charge is 0.343 e. The fraction of sp³-hybridized carbons (Fsp3) is 0.111. The molecule has 0 spiro atoms. The lowest BCUT2D eigenvalue weighted by atomic mass is 10.1. The van der Waals surface area contributed by atoms with Crippen LogP contribution in [0.15, 0.2) is 59.5 Å². The molecule has 0 aliphatic heterocycles. The number of fused-ring (bicyclic) bond motifs is 1. The Morgan fingerprint density at radius 1 is 1.13 bits per heavy atom. The minimum absolute atomic E-state index is 0.0144. The molecule has 2 aromatic carbocycles. The van der Waals surface area contributed by atoms with Crippen LogP contribution in [0.5, 0.6) is 0 Å². The van der Waals surface area contributed by atoms with E-state index in [2.05, 4.69) is 0 Å². The van der Waals surface area contributed by atoms with Gasteiger partial charge in [0, 0.05) is 22.3 Å². The van der Waals surface area contributed by atoms with Gasteiger partial charge in [-0.2, -0.15) is 0 Å². The molecule has 0 radical (unpaired) electrons. The van der Waals surface area contributed by atoms with Crippen LogP contribution in [0, 0.1) is 0 Å². The Labute approximate surface area is 137 Å². The van der Waals surface area contributed by atoms with Crippen LogP contribution < -0.4 is 5.43 Å². The van der Waals surface area contributed by atoms with E-state index in [4.69, 9.17) is 16.3 Å². The van der Waals surface area contributed by atoms with E-state index in [0.29, 0.717) is 15.9 Å². The second kappa shape index (κ2) is 6.26. The van der Waals surface area contributed by atoms with E-state index < -0.39 is 5.97 Å². The Hall–Kier alpha value is -2.59. The Morgan fingerprint density at radius 3 is 2.52 bits per heavy atom. The number of hydrogen-bond donors (Lipinski definition) is 0. The molecule has 0 saturated heterocycles. The molecule has 3 aromatic rings. The molecule has 4 nitrogen and oxygen atoms in total. The Balaban J connectivity index is 2.32. The van der Waals surface area contributed by atoms with E-state index in [1.807, 2.05) is 24.3 Å². The van der Waals surface area contributed by atoms with Crippen molar-refractivity contribution in [3.63, 3.8) is 0 Å². The molecule has 0 fully saturated rings. The summed E-state index contributed by atoms with van der Waals surface area (Å²) in [5, 5.41) is 1.08. The van der Waals surface area contributed by atoms with E-state index in [-0.39, 0.29) is 17.6 Å². The van der Waals surface area contributed by atoms with Crippen LogP contribution in [0.3, 0.4) is 0 Å². The number of hydrogen-bond acceptors (Lipinski definition) is 3. The van der Waals surface area contributed by atoms with Crippen LogP contribution in [0.1, 0.15) is 17.3 Å². The number of nitrogens with zero attached hydrogens (tertiary/aromatic N) is 1. The number of aromatic nitrogens is 1. The summed E-state index contributed by atoms with van der Waals surface area (Å²) < 4.78 is 6.79. The molecular weight excluding hydrogens is 314 g/mol. The van der Waals surface area contributed by atoms with Crippen molar-refractivity contribution in [2.24, 2.45) is 0 Å². The Kier molecular flexibility index (Phi) is 4.17. The van der Waals surface area contributed by atoms with Gasteiger partial charge in [0.1, 0.15) is 5.56 Å². The van der Waals surface area contributed by atoms with Gasteiger partial charge in [0.2, 0.25) is 5.43 Å². The van der Waals surface area contributed by atoms with Crippen LogP contribution in [0.4, 0.5) is 0 Å².